The van der Waals surface area contributed by atoms with Gasteiger partial charge >= 0.3 is 0 Å². The van der Waals surface area contributed by atoms with Gasteiger partial charge in [0.1, 0.15) is 0 Å². The van der Waals surface area contributed by atoms with E-state index in [9.17, 15) is 8.42 Å². The first-order valence-electron chi connectivity index (χ1n) is 6.97. The molecule has 0 bridgehead atoms. The summed E-state index contributed by atoms with van der Waals surface area (Å²) in [5, 5.41) is 0. The average Bonchev–Trinajstić information content (AvgIpc) is 3.22. The normalized spacial score (nSPS) is 15.8. The molecule has 1 saturated carbocycles. The van der Waals surface area contributed by atoms with E-state index in [2.05, 4.69) is 15.9 Å². The Morgan fingerprint density at radius 1 is 1.40 bits per heavy atom. The summed E-state index contributed by atoms with van der Waals surface area (Å²) in [4.78, 5) is 0.328. The van der Waals surface area contributed by atoms with Gasteiger partial charge in [0.05, 0.1) is 4.90 Å². The Morgan fingerprint density at radius 2 is 2.10 bits per heavy atom. The second-order valence-electron chi connectivity index (χ2n) is 5.28. The third-order valence-electron chi connectivity index (χ3n) is 3.48. The van der Waals surface area contributed by atoms with Crippen molar-refractivity contribution in [2.24, 2.45) is 11.7 Å². The summed E-state index contributed by atoms with van der Waals surface area (Å²) < 4.78 is 27.9. The number of sulfonamides is 1. The Balaban J connectivity index is 2.35. The van der Waals surface area contributed by atoms with Gasteiger partial charge in [-0.2, -0.15) is 4.31 Å². The van der Waals surface area contributed by atoms with E-state index in [0.717, 1.165) is 24.8 Å². The highest BCUT2D eigenvalue weighted by molar-refractivity contribution is 9.10. The smallest absolute Gasteiger partial charge is 0.244 e. The molecule has 0 aliphatic heterocycles. The first-order chi connectivity index (χ1) is 9.48. The molecule has 0 amide bonds. The predicted molar refractivity (Wildman–Crippen MR) is 83.8 cm³/mol. The first kappa shape index (κ1) is 15.9. The van der Waals surface area contributed by atoms with Crippen molar-refractivity contribution in [2.45, 2.75) is 37.6 Å². The van der Waals surface area contributed by atoms with Crippen LogP contribution in [0, 0.1) is 5.92 Å². The molecule has 2 rings (SSSR count). The molecule has 4 nitrogen and oxygen atoms in total. The average molecular weight is 361 g/mol. The van der Waals surface area contributed by atoms with Gasteiger partial charge < -0.3 is 5.73 Å². The molecule has 2 N–H and O–H groups in total. The van der Waals surface area contributed by atoms with Gasteiger partial charge in [0.15, 0.2) is 0 Å². The van der Waals surface area contributed by atoms with Crippen molar-refractivity contribution in [3.63, 3.8) is 0 Å². The monoisotopic (exact) mass is 360 g/mol. The minimum absolute atomic E-state index is 0.328. The van der Waals surface area contributed by atoms with Gasteiger partial charge in [-0.25, -0.2) is 8.42 Å². The van der Waals surface area contributed by atoms with Crippen LogP contribution in [0.15, 0.2) is 27.6 Å². The van der Waals surface area contributed by atoms with Crippen molar-refractivity contribution in [1.29, 1.82) is 0 Å². The van der Waals surface area contributed by atoms with Gasteiger partial charge in [0, 0.05) is 24.1 Å². The van der Waals surface area contributed by atoms with Crippen LogP contribution in [0.2, 0.25) is 0 Å². The van der Waals surface area contributed by atoms with Crippen LogP contribution >= 0.6 is 15.9 Å². The summed E-state index contributed by atoms with van der Waals surface area (Å²) in [5.41, 5.74) is 6.44. The number of hydrogen-bond donors (Lipinski definition) is 1. The highest BCUT2D eigenvalue weighted by atomic mass is 79.9. The molecule has 0 saturated heterocycles. The van der Waals surface area contributed by atoms with Crippen LogP contribution < -0.4 is 5.73 Å². The lowest BCUT2D eigenvalue weighted by Gasteiger charge is -2.22. The van der Waals surface area contributed by atoms with E-state index < -0.39 is 10.0 Å². The SMILES string of the molecule is CCCN(CC1CC1)S(=O)(=O)c1cc(CN)ccc1Br. The van der Waals surface area contributed by atoms with Gasteiger partial charge in [-0.3, -0.25) is 0 Å². The molecular formula is C14H21BrN2O2S. The van der Waals surface area contributed by atoms with Gasteiger partial charge in [-0.1, -0.05) is 13.0 Å². The number of benzene rings is 1. The van der Waals surface area contributed by atoms with Crippen molar-refractivity contribution < 1.29 is 8.42 Å². The Morgan fingerprint density at radius 3 is 2.65 bits per heavy atom. The first-order valence-corrected chi connectivity index (χ1v) is 9.21. The Bertz CT molecular complexity index is 571. The van der Waals surface area contributed by atoms with Crippen LogP contribution in [0.4, 0.5) is 0 Å². The van der Waals surface area contributed by atoms with E-state index in [1.54, 1.807) is 16.4 Å². The van der Waals surface area contributed by atoms with Gasteiger partial charge in [0.2, 0.25) is 10.0 Å². The second-order valence-corrected chi connectivity index (χ2v) is 8.04. The van der Waals surface area contributed by atoms with Crippen molar-refractivity contribution in [3.8, 4) is 0 Å². The van der Waals surface area contributed by atoms with Gasteiger partial charge in [0.25, 0.3) is 0 Å². The zero-order chi connectivity index (χ0) is 14.8. The topological polar surface area (TPSA) is 63.4 Å². The van der Waals surface area contributed by atoms with Crippen LogP contribution in [0.3, 0.4) is 0 Å². The van der Waals surface area contributed by atoms with Crippen LogP contribution in [-0.4, -0.2) is 25.8 Å². The maximum atomic E-state index is 12.8. The molecule has 0 radical (unpaired) electrons. The molecule has 1 aromatic carbocycles. The molecule has 1 aliphatic rings. The van der Waals surface area contributed by atoms with E-state index in [1.807, 2.05) is 13.0 Å². The van der Waals surface area contributed by atoms with E-state index in [0.29, 0.717) is 34.9 Å². The Hall–Kier alpha value is -0.430. The largest absolute Gasteiger partial charge is 0.326 e. The van der Waals surface area contributed by atoms with Crippen molar-refractivity contribution in [1.82, 2.24) is 4.31 Å². The maximum absolute atomic E-state index is 12.8. The molecule has 1 aromatic rings. The number of nitrogens with zero attached hydrogens (tertiary/aromatic N) is 1. The standard InChI is InChI=1S/C14H21BrN2O2S/c1-2-7-17(10-11-3-4-11)20(18,19)14-8-12(9-16)5-6-13(14)15/h5-6,8,11H,2-4,7,9-10,16H2,1H3. The molecule has 0 heterocycles. The van der Waals surface area contributed by atoms with Crippen LogP contribution in [0.25, 0.3) is 0 Å². The zero-order valence-electron chi connectivity index (χ0n) is 11.7. The van der Waals surface area contributed by atoms with Gasteiger partial charge in [-0.15, -0.1) is 0 Å². The number of hydrogen-bond acceptors (Lipinski definition) is 3. The molecule has 1 aliphatic carbocycles. The Kier molecular flexibility index (Phi) is 5.23. The number of halogens is 1. The van der Waals surface area contributed by atoms with E-state index in [-0.39, 0.29) is 0 Å². The molecule has 1 fully saturated rings. The fraction of sp³-hybridized carbons (Fsp3) is 0.571. The lowest BCUT2D eigenvalue weighted by atomic mass is 10.2. The minimum atomic E-state index is -3.45. The fourth-order valence-electron chi connectivity index (χ4n) is 2.16. The van der Waals surface area contributed by atoms with E-state index in [4.69, 9.17) is 5.73 Å². The highest BCUT2D eigenvalue weighted by Gasteiger charge is 2.32. The lowest BCUT2D eigenvalue weighted by Crippen LogP contribution is -2.34. The van der Waals surface area contributed by atoms with Crippen molar-refractivity contribution in [2.75, 3.05) is 13.1 Å². The molecule has 20 heavy (non-hydrogen) atoms. The summed E-state index contributed by atoms with van der Waals surface area (Å²) in [6.45, 7) is 3.54. The third kappa shape index (κ3) is 3.61. The second kappa shape index (κ2) is 6.56. The molecule has 6 heteroatoms. The quantitative estimate of drug-likeness (QED) is 0.812. The minimum Gasteiger partial charge on any atom is -0.326 e. The fourth-order valence-corrected chi connectivity index (χ4v) is 4.74. The predicted octanol–water partition coefficient (Wildman–Crippen LogP) is 2.72. The number of rotatable bonds is 7. The molecule has 0 spiro atoms. The highest BCUT2D eigenvalue weighted by Crippen LogP contribution is 2.33. The lowest BCUT2D eigenvalue weighted by molar-refractivity contribution is 0.395. The summed E-state index contributed by atoms with van der Waals surface area (Å²) in [7, 11) is -3.45. The van der Waals surface area contributed by atoms with E-state index >= 15 is 0 Å². The number of nitrogens with two attached hydrogens (primary N) is 1. The van der Waals surface area contributed by atoms with Crippen molar-refractivity contribution >= 4 is 26.0 Å². The van der Waals surface area contributed by atoms with Crippen LogP contribution in [0.1, 0.15) is 31.7 Å². The van der Waals surface area contributed by atoms with Crippen LogP contribution in [0.5, 0.6) is 0 Å². The maximum Gasteiger partial charge on any atom is 0.244 e. The summed E-state index contributed by atoms with van der Waals surface area (Å²) in [6, 6.07) is 5.28. The Labute approximate surface area is 129 Å². The van der Waals surface area contributed by atoms with E-state index in [1.165, 1.54) is 0 Å². The molecular weight excluding hydrogens is 340 g/mol. The van der Waals surface area contributed by atoms with Crippen LogP contribution in [-0.2, 0) is 16.6 Å². The third-order valence-corrected chi connectivity index (χ3v) is 6.34. The molecule has 0 unspecified atom stereocenters. The molecule has 0 atom stereocenters. The molecule has 112 valence electrons. The van der Waals surface area contributed by atoms with Crippen molar-refractivity contribution in [3.05, 3.63) is 28.2 Å². The zero-order valence-corrected chi connectivity index (χ0v) is 14.1. The van der Waals surface area contributed by atoms with Gasteiger partial charge in [-0.05, 0) is 58.8 Å². The summed E-state index contributed by atoms with van der Waals surface area (Å²) in [5.74, 6) is 0.535. The summed E-state index contributed by atoms with van der Waals surface area (Å²) in [6.07, 6.45) is 3.10. The summed E-state index contributed by atoms with van der Waals surface area (Å²) >= 11 is 3.35. The molecule has 0 aromatic heterocycles.